The predicted molar refractivity (Wildman–Crippen MR) is 62.7 cm³/mol. The second-order valence-electron chi connectivity index (χ2n) is 4.10. The zero-order valence-electron chi connectivity index (χ0n) is 9.50. The lowest BCUT2D eigenvalue weighted by molar-refractivity contribution is -0.116. The molecule has 0 atom stereocenters. The van der Waals surface area contributed by atoms with E-state index >= 15 is 0 Å². The van der Waals surface area contributed by atoms with Crippen molar-refractivity contribution in [3.8, 4) is 0 Å². The molecule has 1 saturated heterocycles. The van der Waals surface area contributed by atoms with Crippen molar-refractivity contribution < 1.29 is 4.79 Å². The molecule has 1 amide bonds. The van der Waals surface area contributed by atoms with E-state index in [1.807, 2.05) is 0 Å². The van der Waals surface area contributed by atoms with Gasteiger partial charge in [-0.15, -0.1) is 0 Å². The molecule has 1 fully saturated rings. The van der Waals surface area contributed by atoms with Crippen LogP contribution in [0.4, 0.5) is 0 Å². The van der Waals surface area contributed by atoms with Crippen molar-refractivity contribution in [2.24, 2.45) is 0 Å². The molecule has 0 unspecified atom stereocenters. The van der Waals surface area contributed by atoms with Crippen LogP contribution in [0.2, 0.25) is 0 Å². The van der Waals surface area contributed by atoms with E-state index in [1.54, 1.807) is 0 Å². The maximum absolute atomic E-state index is 10.8. The number of rotatable bonds is 6. The largest absolute Gasteiger partial charge is 0.353 e. The van der Waals surface area contributed by atoms with Gasteiger partial charge in [-0.25, -0.2) is 0 Å². The molecule has 0 aromatic carbocycles. The second-order valence-corrected chi connectivity index (χ2v) is 4.10. The molecule has 1 heterocycles. The molecular formula is C12H22N2O. The summed E-state index contributed by atoms with van der Waals surface area (Å²) in [5, 5.41) is 2.79. The van der Waals surface area contributed by atoms with Crippen molar-refractivity contribution in [2.75, 3.05) is 26.2 Å². The summed E-state index contributed by atoms with van der Waals surface area (Å²) in [4.78, 5) is 13.4. The SMILES string of the molecule is C=CC(=O)NCCCCN1CCCCC1. The lowest BCUT2D eigenvalue weighted by atomic mass is 10.1. The number of hydrogen-bond donors (Lipinski definition) is 1. The van der Waals surface area contributed by atoms with Crippen LogP contribution < -0.4 is 5.32 Å². The lowest BCUT2D eigenvalue weighted by Crippen LogP contribution is -2.31. The Morgan fingerprint density at radius 1 is 1.27 bits per heavy atom. The van der Waals surface area contributed by atoms with Crippen LogP contribution in [-0.2, 0) is 4.79 Å². The van der Waals surface area contributed by atoms with Crippen LogP contribution in [0.3, 0.4) is 0 Å². The zero-order valence-corrected chi connectivity index (χ0v) is 9.50. The van der Waals surface area contributed by atoms with Gasteiger partial charge in [-0.1, -0.05) is 13.0 Å². The average molecular weight is 210 g/mol. The number of carbonyl (C=O) groups excluding carboxylic acids is 1. The number of piperidine rings is 1. The van der Waals surface area contributed by atoms with Crippen LogP contribution in [-0.4, -0.2) is 37.0 Å². The number of carbonyl (C=O) groups is 1. The Morgan fingerprint density at radius 2 is 2.00 bits per heavy atom. The quantitative estimate of drug-likeness (QED) is 0.533. The first-order valence-corrected chi connectivity index (χ1v) is 5.95. The third-order valence-corrected chi connectivity index (χ3v) is 2.83. The topological polar surface area (TPSA) is 32.3 Å². The van der Waals surface area contributed by atoms with Crippen molar-refractivity contribution in [1.29, 1.82) is 0 Å². The summed E-state index contributed by atoms with van der Waals surface area (Å²) in [5.74, 6) is -0.0621. The van der Waals surface area contributed by atoms with Gasteiger partial charge in [-0.2, -0.15) is 0 Å². The molecule has 1 rings (SSSR count). The van der Waals surface area contributed by atoms with Crippen molar-refractivity contribution in [3.05, 3.63) is 12.7 Å². The van der Waals surface area contributed by atoms with E-state index in [0.717, 1.165) is 13.0 Å². The van der Waals surface area contributed by atoms with Crippen LogP contribution in [0.5, 0.6) is 0 Å². The maximum Gasteiger partial charge on any atom is 0.243 e. The van der Waals surface area contributed by atoms with Gasteiger partial charge in [0.15, 0.2) is 0 Å². The van der Waals surface area contributed by atoms with Gasteiger partial charge in [0.1, 0.15) is 0 Å². The molecule has 86 valence electrons. The Morgan fingerprint density at radius 3 is 2.67 bits per heavy atom. The highest BCUT2D eigenvalue weighted by Crippen LogP contribution is 2.08. The van der Waals surface area contributed by atoms with Crippen LogP contribution in [0.1, 0.15) is 32.1 Å². The number of unbranched alkanes of at least 4 members (excludes halogenated alkanes) is 1. The Balaban J connectivity index is 1.91. The smallest absolute Gasteiger partial charge is 0.243 e. The van der Waals surface area contributed by atoms with Gasteiger partial charge in [-0.3, -0.25) is 4.79 Å². The fourth-order valence-corrected chi connectivity index (χ4v) is 1.93. The Labute approximate surface area is 92.5 Å². The standard InChI is InChI=1S/C12H22N2O/c1-2-12(15)13-8-4-7-11-14-9-5-3-6-10-14/h2H,1,3-11H2,(H,13,15). The number of hydrogen-bond acceptors (Lipinski definition) is 2. The van der Waals surface area contributed by atoms with Crippen LogP contribution in [0.15, 0.2) is 12.7 Å². The molecule has 0 radical (unpaired) electrons. The molecule has 0 aromatic heterocycles. The summed E-state index contributed by atoms with van der Waals surface area (Å²) in [6, 6.07) is 0. The molecule has 15 heavy (non-hydrogen) atoms. The van der Waals surface area contributed by atoms with E-state index in [4.69, 9.17) is 0 Å². The first kappa shape index (κ1) is 12.2. The third-order valence-electron chi connectivity index (χ3n) is 2.83. The Bertz CT molecular complexity index is 198. The second kappa shape index (κ2) is 7.46. The first-order valence-electron chi connectivity index (χ1n) is 5.95. The van der Waals surface area contributed by atoms with E-state index < -0.39 is 0 Å². The van der Waals surface area contributed by atoms with Crippen molar-refractivity contribution in [1.82, 2.24) is 10.2 Å². The lowest BCUT2D eigenvalue weighted by Gasteiger charge is -2.26. The molecule has 0 spiro atoms. The van der Waals surface area contributed by atoms with Gasteiger partial charge >= 0.3 is 0 Å². The van der Waals surface area contributed by atoms with Gasteiger partial charge < -0.3 is 10.2 Å². The molecule has 0 aromatic rings. The minimum Gasteiger partial charge on any atom is -0.353 e. The minimum absolute atomic E-state index is 0.0621. The fraction of sp³-hybridized carbons (Fsp3) is 0.750. The molecule has 1 aliphatic rings. The Kier molecular flexibility index (Phi) is 6.09. The van der Waals surface area contributed by atoms with Crippen LogP contribution in [0.25, 0.3) is 0 Å². The highest BCUT2D eigenvalue weighted by Gasteiger charge is 2.08. The van der Waals surface area contributed by atoms with Crippen molar-refractivity contribution in [3.63, 3.8) is 0 Å². The summed E-state index contributed by atoms with van der Waals surface area (Å²) in [7, 11) is 0. The van der Waals surface area contributed by atoms with E-state index in [2.05, 4.69) is 16.8 Å². The van der Waals surface area contributed by atoms with Gasteiger partial charge in [-0.05, 0) is 51.4 Å². The van der Waals surface area contributed by atoms with Crippen molar-refractivity contribution in [2.45, 2.75) is 32.1 Å². The summed E-state index contributed by atoms with van der Waals surface area (Å²) >= 11 is 0. The highest BCUT2D eigenvalue weighted by molar-refractivity contribution is 5.86. The van der Waals surface area contributed by atoms with Gasteiger partial charge in [0.2, 0.25) is 5.91 Å². The summed E-state index contributed by atoms with van der Waals surface area (Å²) in [6.45, 7) is 7.90. The highest BCUT2D eigenvalue weighted by atomic mass is 16.1. The molecule has 1 aliphatic heterocycles. The summed E-state index contributed by atoms with van der Waals surface area (Å²) < 4.78 is 0. The van der Waals surface area contributed by atoms with Gasteiger partial charge in [0, 0.05) is 6.54 Å². The van der Waals surface area contributed by atoms with Gasteiger partial charge in [0.05, 0.1) is 0 Å². The fourth-order valence-electron chi connectivity index (χ4n) is 1.93. The minimum atomic E-state index is -0.0621. The molecule has 3 nitrogen and oxygen atoms in total. The number of nitrogens with one attached hydrogen (secondary N) is 1. The van der Waals surface area contributed by atoms with Crippen molar-refractivity contribution >= 4 is 5.91 Å². The molecule has 0 aliphatic carbocycles. The van der Waals surface area contributed by atoms with E-state index in [1.165, 1.54) is 51.4 Å². The Hall–Kier alpha value is -0.830. The number of nitrogens with zero attached hydrogens (tertiary/aromatic N) is 1. The van der Waals surface area contributed by atoms with Crippen LogP contribution >= 0.6 is 0 Å². The number of likely N-dealkylation sites (tertiary alicyclic amines) is 1. The normalized spacial score (nSPS) is 17.3. The molecular weight excluding hydrogens is 188 g/mol. The number of amides is 1. The zero-order chi connectivity index (χ0) is 10.9. The summed E-state index contributed by atoms with van der Waals surface area (Å²) in [6.07, 6.45) is 7.67. The predicted octanol–water partition coefficient (Wildman–Crippen LogP) is 1.55. The summed E-state index contributed by atoms with van der Waals surface area (Å²) in [5.41, 5.74) is 0. The van der Waals surface area contributed by atoms with Gasteiger partial charge in [0.25, 0.3) is 0 Å². The van der Waals surface area contributed by atoms with E-state index in [0.29, 0.717) is 0 Å². The van der Waals surface area contributed by atoms with E-state index in [9.17, 15) is 4.79 Å². The molecule has 3 heteroatoms. The average Bonchev–Trinajstić information content (AvgIpc) is 2.29. The maximum atomic E-state index is 10.8. The first-order chi connectivity index (χ1) is 7.33. The van der Waals surface area contributed by atoms with Crippen LogP contribution in [0, 0.1) is 0 Å². The molecule has 0 bridgehead atoms. The van der Waals surface area contributed by atoms with E-state index in [-0.39, 0.29) is 5.91 Å². The molecule has 0 saturated carbocycles. The monoisotopic (exact) mass is 210 g/mol. The third kappa shape index (κ3) is 5.57. The molecule has 1 N–H and O–H groups in total.